The van der Waals surface area contributed by atoms with Crippen LogP contribution in [0.15, 0.2) is 29.4 Å². The number of hydrogen-bond donors (Lipinski definition) is 2. The molecule has 0 aliphatic heterocycles. The molecule has 0 aromatic heterocycles. The summed E-state index contributed by atoms with van der Waals surface area (Å²) >= 11 is 0. The highest BCUT2D eigenvalue weighted by molar-refractivity contribution is 6.35. The minimum atomic E-state index is -0.772. The lowest BCUT2D eigenvalue weighted by atomic mass is 10.2. The van der Waals surface area contributed by atoms with Gasteiger partial charge in [0, 0.05) is 6.54 Å². The molecule has 2 N–H and O–H groups in total. The fraction of sp³-hybridized carbons (Fsp3) is 0.357. The number of carbonyl (C=O) groups excluding carboxylic acids is 2. The Hall–Kier alpha value is -2.37. The third-order valence-electron chi connectivity index (χ3n) is 2.52. The molecule has 0 bridgehead atoms. The minimum Gasteiger partial charge on any atom is -0.497 e. The smallest absolute Gasteiger partial charge is 0.329 e. The lowest BCUT2D eigenvalue weighted by Gasteiger charge is -2.02. The van der Waals surface area contributed by atoms with Gasteiger partial charge in [0.2, 0.25) is 0 Å². The monoisotopic (exact) mass is 277 g/mol. The number of nitrogens with one attached hydrogen (secondary N) is 2. The summed E-state index contributed by atoms with van der Waals surface area (Å²) in [7, 11) is 1.58. The Morgan fingerprint density at radius 1 is 1.25 bits per heavy atom. The van der Waals surface area contributed by atoms with Gasteiger partial charge >= 0.3 is 11.8 Å². The molecule has 1 aromatic carbocycles. The van der Waals surface area contributed by atoms with Crippen molar-refractivity contribution in [2.45, 2.75) is 19.8 Å². The second-order valence-electron chi connectivity index (χ2n) is 4.08. The van der Waals surface area contributed by atoms with Gasteiger partial charge in [0.15, 0.2) is 0 Å². The maximum absolute atomic E-state index is 11.4. The van der Waals surface area contributed by atoms with E-state index in [0.717, 1.165) is 24.2 Å². The fourth-order valence-electron chi connectivity index (χ4n) is 1.37. The first-order valence-electron chi connectivity index (χ1n) is 6.42. The Morgan fingerprint density at radius 2 is 1.95 bits per heavy atom. The van der Waals surface area contributed by atoms with E-state index in [0.29, 0.717) is 6.54 Å². The molecule has 0 fully saturated rings. The first kappa shape index (κ1) is 15.7. The molecule has 20 heavy (non-hydrogen) atoms. The standard InChI is InChI=1S/C14H19N3O3/c1-3-4-9-15-13(18)14(19)17-16-10-11-5-7-12(20-2)8-6-11/h5-8,10H,3-4,9H2,1-2H3,(H,15,18)(H,17,19)/b16-10-. The zero-order chi connectivity index (χ0) is 14.8. The summed E-state index contributed by atoms with van der Waals surface area (Å²) in [6, 6.07) is 7.13. The molecule has 0 atom stereocenters. The zero-order valence-corrected chi connectivity index (χ0v) is 11.7. The van der Waals surface area contributed by atoms with Crippen molar-refractivity contribution >= 4 is 18.0 Å². The van der Waals surface area contributed by atoms with Crippen molar-refractivity contribution in [2.75, 3.05) is 13.7 Å². The van der Waals surface area contributed by atoms with E-state index in [1.165, 1.54) is 6.21 Å². The Kier molecular flexibility index (Phi) is 6.81. The molecule has 0 saturated heterocycles. The normalized spacial score (nSPS) is 10.3. The van der Waals surface area contributed by atoms with Crippen LogP contribution < -0.4 is 15.5 Å². The van der Waals surface area contributed by atoms with Gasteiger partial charge in [-0.3, -0.25) is 9.59 Å². The number of amides is 2. The molecule has 6 heteroatoms. The highest BCUT2D eigenvalue weighted by Gasteiger charge is 2.10. The lowest BCUT2D eigenvalue weighted by Crippen LogP contribution is -2.38. The molecular weight excluding hydrogens is 258 g/mol. The van der Waals surface area contributed by atoms with Crippen LogP contribution in [0.1, 0.15) is 25.3 Å². The molecule has 0 aliphatic carbocycles. The average Bonchev–Trinajstić information content (AvgIpc) is 2.48. The van der Waals surface area contributed by atoms with Crippen molar-refractivity contribution < 1.29 is 14.3 Å². The third-order valence-corrected chi connectivity index (χ3v) is 2.52. The van der Waals surface area contributed by atoms with E-state index in [4.69, 9.17) is 4.74 Å². The number of methoxy groups -OCH3 is 1. The lowest BCUT2D eigenvalue weighted by molar-refractivity contribution is -0.139. The summed E-state index contributed by atoms with van der Waals surface area (Å²) in [5, 5.41) is 6.23. The summed E-state index contributed by atoms with van der Waals surface area (Å²) in [6.07, 6.45) is 3.25. The Morgan fingerprint density at radius 3 is 2.55 bits per heavy atom. The summed E-state index contributed by atoms with van der Waals surface area (Å²) in [5.74, 6) is -0.710. The molecule has 1 aromatic rings. The minimum absolute atomic E-state index is 0.491. The number of ether oxygens (including phenoxy) is 1. The number of hydrazone groups is 1. The highest BCUT2D eigenvalue weighted by Crippen LogP contribution is 2.09. The largest absolute Gasteiger partial charge is 0.497 e. The van der Waals surface area contributed by atoms with Crippen LogP contribution in [0.25, 0.3) is 0 Å². The molecule has 0 aliphatic rings. The van der Waals surface area contributed by atoms with Crippen LogP contribution in [-0.2, 0) is 9.59 Å². The van der Waals surface area contributed by atoms with Crippen molar-refractivity contribution in [2.24, 2.45) is 5.10 Å². The molecule has 2 amide bonds. The summed E-state index contributed by atoms with van der Waals surface area (Å²) in [5.41, 5.74) is 2.96. The van der Waals surface area contributed by atoms with Crippen molar-refractivity contribution in [1.82, 2.24) is 10.7 Å². The SMILES string of the molecule is CCCCNC(=O)C(=O)N/N=C\c1ccc(OC)cc1. The summed E-state index contributed by atoms with van der Waals surface area (Å²) in [6.45, 7) is 2.50. The van der Waals surface area contributed by atoms with Gasteiger partial charge in [0.25, 0.3) is 0 Å². The van der Waals surface area contributed by atoms with E-state index >= 15 is 0 Å². The molecule has 0 saturated carbocycles. The molecule has 108 valence electrons. The van der Waals surface area contributed by atoms with E-state index in [1.807, 2.05) is 6.92 Å². The van der Waals surface area contributed by atoms with Crippen LogP contribution >= 0.6 is 0 Å². The van der Waals surface area contributed by atoms with Gasteiger partial charge in [-0.15, -0.1) is 0 Å². The second kappa shape index (κ2) is 8.68. The number of carbonyl (C=O) groups is 2. The number of hydrogen-bond acceptors (Lipinski definition) is 4. The van der Waals surface area contributed by atoms with Gasteiger partial charge in [-0.2, -0.15) is 5.10 Å². The van der Waals surface area contributed by atoms with Crippen molar-refractivity contribution in [3.8, 4) is 5.75 Å². The van der Waals surface area contributed by atoms with Crippen LogP contribution in [0.2, 0.25) is 0 Å². The number of rotatable bonds is 6. The van der Waals surface area contributed by atoms with Crippen LogP contribution in [0.4, 0.5) is 0 Å². The van der Waals surface area contributed by atoms with Crippen LogP contribution in [0.3, 0.4) is 0 Å². The van der Waals surface area contributed by atoms with Crippen LogP contribution in [0, 0.1) is 0 Å². The van der Waals surface area contributed by atoms with E-state index in [-0.39, 0.29) is 0 Å². The molecule has 1 rings (SSSR count). The van der Waals surface area contributed by atoms with Gasteiger partial charge in [-0.1, -0.05) is 13.3 Å². The van der Waals surface area contributed by atoms with Crippen LogP contribution in [-0.4, -0.2) is 31.7 Å². The Bertz CT molecular complexity index is 469. The van der Waals surface area contributed by atoms with E-state index in [1.54, 1.807) is 31.4 Å². The fourth-order valence-corrected chi connectivity index (χ4v) is 1.37. The predicted molar refractivity (Wildman–Crippen MR) is 76.6 cm³/mol. The molecule has 0 spiro atoms. The van der Waals surface area contributed by atoms with Gasteiger partial charge < -0.3 is 10.1 Å². The number of nitrogens with zero attached hydrogens (tertiary/aromatic N) is 1. The summed E-state index contributed by atoms with van der Waals surface area (Å²) in [4.78, 5) is 22.7. The first-order chi connectivity index (χ1) is 9.67. The predicted octanol–water partition coefficient (Wildman–Crippen LogP) is 1.06. The van der Waals surface area contributed by atoms with Crippen molar-refractivity contribution in [1.29, 1.82) is 0 Å². The number of unbranched alkanes of at least 4 members (excludes halogenated alkanes) is 1. The van der Waals surface area contributed by atoms with E-state index in [9.17, 15) is 9.59 Å². The molecule has 0 heterocycles. The first-order valence-corrected chi connectivity index (χ1v) is 6.42. The molecule has 0 unspecified atom stereocenters. The molecule has 6 nitrogen and oxygen atoms in total. The van der Waals surface area contributed by atoms with Crippen molar-refractivity contribution in [3.63, 3.8) is 0 Å². The Labute approximate surface area is 118 Å². The number of benzene rings is 1. The average molecular weight is 277 g/mol. The second-order valence-corrected chi connectivity index (χ2v) is 4.08. The van der Waals surface area contributed by atoms with Gasteiger partial charge in [0.05, 0.1) is 13.3 Å². The molecule has 0 radical (unpaired) electrons. The maximum atomic E-state index is 11.4. The zero-order valence-electron chi connectivity index (χ0n) is 11.7. The Balaban J connectivity index is 2.39. The van der Waals surface area contributed by atoms with E-state index < -0.39 is 11.8 Å². The molecular formula is C14H19N3O3. The summed E-state index contributed by atoms with van der Waals surface area (Å²) < 4.78 is 5.02. The van der Waals surface area contributed by atoms with E-state index in [2.05, 4.69) is 15.8 Å². The maximum Gasteiger partial charge on any atom is 0.329 e. The third kappa shape index (κ3) is 5.51. The quantitative estimate of drug-likeness (QED) is 0.353. The van der Waals surface area contributed by atoms with Gasteiger partial charge in [0.1, 0.15) is 5.75 Å². The van der Waals surface area contributed by atoms with Crippen LogP contribution in [0.5, 0.6) is 5.75 Å². The van der Waals surface area contributed by atoms with Crippen molar-refractivity contribution in [3.05, 3.63) is 29.8 Å². The van der Waals surface area contributed by atoms with Gasteiger partial charge in [-0.05, 0) is 36.2 Å². The topological polar surface area (TPSA) is 79.8 Å². The van der Waals surface area contributed by atoms with Gasteiger partial charge in [-0.25, -0.2) is 5.43 Å². The highest BCUT2D eigenvalue weighted by atomic mass is 16.5.